The van der Waals surface area contributed by atoms with Gasteiger partial charge in [0.1, 0.15) is 0 Å². The minimum Gasteiger partial charge on any atom is -0.374 e. The number of rotatable bonds is 4. The van der Waals surface area contributed by atoms with Crippen molar-refractivity contribution in [1.29, 1.82) is 0 Å². The Kier molecular flexibility index (Phi) is 3.43. The summed E-state index contributed by atoms with van der Waals surface area (Å²) in [6.45, 7) is 5.40. The molecule has 2 fully saturated rings. The molecule has 2 aliphatic rings. The Hall–Kier alpha value is -0.450. The molecule has 0 spiro atoms. The molecule has 18 heavy (non-hydrogen) atoms. The number of nitrogens with zero attached hydrogens (tertiary/aromatic N) is 1. The molecule has 3 rings (SSSR count). The second-order valence-corrected chi connectivity index (χ2v) is 6.88. The van der Waals surface area contributed by atoms with Crippen molar-refractivity contribution in [3.8, 4) is 0 Å². The van der Waals surface area contributed by atoms with Gasteiger partial charge in [0, 0.05) is 17.3 Å². The maximum atomic E-state index is 5.96. The standard InChI is InChI=1S/C14H22N2OS/c1-8(2)13-12(7-15-3)18-14(16-13)10-6-9-4-5-11(10)17-9/h8-11,15H,4-7H2,1-3H3. The summed E-state index contributed by atoms with van der Waals surface area (Å²) in [5.74, 6) is 1.08. The summed E-state index contributed by atoms with van der Waals surface area (Å²) in [5.41, 5.74) is 1.28. The van der Waals surface area contributed by atoms with Crippen molar-refractivity contribution in [3.63, 3.8) is 0 Å². The topological polar surface area (TPSA) is 34.1 Å². The first-order chi connectivity index (χ1) is 8.69. The van der Waals surface area contributed by atoms with Crippen molar-refractivity contribution in [1.82, 2.24) is 10.3 Å². The van der Waals surface area contributed by atoms with Crippen LogP contribution < -0.4 is 5.32 Å². The molecular weight excluding hydrogens is 244 g/mol. The van der Waals surface area contributed by atoms with E-state index in [2.05, 4.69) is 19.2 Å². The Morgan fingerprint density at radius 1 is 1.44 bits per heavy atom. The predicted molar refractivity (Wildman–Crippen MR) is 74.2 cm³/mol. The van der Waals surface area contributed by atoms with Gasteiger partial charge in [-0.05, 0) is 32.2 Å². The lowest BCUT2D eigenvalue weighted by atomic mass is 9.90. The fourth-order valence-electron chi connectivity index (χ4n) is 3.18. The molecule has 3 unspecified atom stereocenters. The molecule has 100 valence electrons. The molecule has 0 amide bonds. The number of nitrogens with one attached hydrogen (secondary N) is 1. The van der Waals surface area contributed by atoms with Gasteiger partial charge >= 0.3 is 0 Å². The summed E-state index contributed by atoms with van der Waals surface area (Å²) >= 11 is 1.90. The Labute approximate surface area is 113 Å². The molecule has 0 aliphatic carbocycles. The largest absolute Gasteiger partial charge is 0.374 e. The van der Waals surface area contributed by atoms with Gasteiger partial charge in [-0.2, -0.15) is 0 Å². The first-order valence-electron chi connectivity index (χ1n) is 6.98. The van der Waals surface area contributed by atoms with Crippen LogP contribution in [-0.4, -0.2) is 24.2 Å². The van der Waals surface area contributed by atoms with E-state index in [1.54, 1.807) is 0 Å². The molecule has 2 bridgehead atoms. The van der Waals surface area contributed by atoms with Gasteiger partial charge < -0.3 is 10.1 Å². The highest BCUT2D eigenvalue weighted by Gasteiger charge is 2.43. The first kappa shape index (κ1) is 12.6. The maximum absolute atomic E-state index is 5.96. The van der Waals surface area contributed by atoms with Crippen molar-refractivity contribution >= 4 is 11.3 Å². The highest BCUT2D eigenvalue weighted by molar-refractivity contribution is 7.11. The van der Waals surface area contributed by atoms with Crippen LogP contribution in [0.1, 0.15) is 60.5 Å². The molecule has 3 atom stereocenters. The second kappa shape index (κ2) is 4.91. The van der Waals surface area contributed by atoms with Crippen LogP contribution in [0.15, 0.2) is 0 Å². The molecule has 0 radical (unpaired) electrons. The lowest BCUT2D eigenvalue weighted by Gasteiger charge is -2.15. The molecule has 0 saturated carbocycles. The van der Waals surface area contributed by atoms with Crippen LogP contribution >= 0.6 is 11.3 Å². The van der Waals surface area contributed by atoms with Crippen LogP contribution in [-0.2, 0) is 11.3 Å². The minimum absolute atomic E-state index is 0.448. The minimum atomic E-state index is 0.448. The van der Waals surface area contributed by atoms with Gasteiger partial charge in [0.2, 0.25) is 0 Å². The Bertz CT molecular complexity index is 429. The molecule has 2 saturated heterocycles. The zero-order chi connectivity index (χ0) is 12.7. The van der Waals surface area contributed by atoms with E-state index in [1.165, 1.54) is 34.8 Å². The van der Waals surface area contributed by atoms with Gasteiger partial charge in [0.15, 0.2) is 0 Å². The molecule has 3 heterocycles. The van der Waals surface area contributed by atoms with E-state index in [1.807, 2.05) is 18.4 Å². The Morgan fingerprint density at radius 3 is 2.83 bits per heavy atom. The van der Waals surface area contributed by atoms with Crippen LogP contribution in [0.4, 0.5) is 0 Å². The van der Waals surface area contributed by atoms with Crippen molar-refractivity contribution in [2.24, 2.45) is 0 Å². The van der Waals surface area contributed by atoms with Gasteiger partial charge in [0.25, 0.3) is 0 Å². The van der Waals surface area contributed by atoms with Gasteiger partial charge in [-0.15, -0.1) is 11.3 Å². The van der Waals surface area contributed by atoms with E-state index >= 15 is 0 Å². The third-order valence-electron chi connectivity index (χ3n) is 4.05. The zero-order valence-corrected chi connectivity index (χ0v) is 12.2. The molecule has 0 aromatic carbocycles. The SMILES string of the molecule is CNCc1sc(C2CC3CCC2O3)nc1C(C)C. The normalized spacial score (nSPS) is 30.6. The number of hydrogen-bond acceptors (Lipinski definition) is 4. The van der Waals surface area contributed by atoms with E-state index < -0.39 is 0 Å². The van der Waals surface area contributed by atoms with Gasteiger partial charge in [-0.3, -0.25) is 0 Å². The number of hydrogen-bond donors (Lipinski definition) is 1. The average molecular weight is 266 g/mol. The monoisotopic (exact) mass is 266 g/mol. The van der Waals surface area contributed by atoms with E-state index in [0.717, 1.165) is 6.54 Å². The summed E-state index contributed by atoms with van der Waals surface area (Å²) < 4.78 is 5.96. The van der Waals surface area contributed by atoms with Gasteiger partial charge in [-0.25, -0.2) is 4.98 Å². The quantitative estimate of drug-likeness (QED) is 0.909. The highest BCUT2D eigenvalue weighted by Crippen LogP contribution is 2.46. The van der Waals surface area contributed by atoms with Crippen LogP contribution in [0.25, 0.3) is 0 Å². The molecule has 2 aliphatic heterocycles. The van der Waals surface area contributed by atoms with E-state index in [9.17, 15) is 0 Å². The van der Waals surface area contributed by atoms with Crippen LogP contribution in [0.2, 0.25) is 0 Å². The molecule has 1 N–H and O–H groups in total. The summed E-state index contributed by atoms with van der Waals surface area (Å²) in [7, 11) is 2.00. The van der Waals surface area contributed by atoms with Gasteiger partial charge in [0.05, 0.1) is 22.9 Å². The molecular formula is C14H22N2OS. The number of ether oxygens (including phenoxy) is 1. The zero-order valence-electron chi connectivity index (χ0n) is 11.4. The summed E-state index contributed by atoms with van der Waals surface area (Å²) in [6, 6.07) is 0. The third-order valence-corrected chi connectivity index (χ3v) is 5.25. The fourth-order valence-corrected chi connectivity index (χ4v) is 4.58. The molecule has 1 aromatic heterocycles. The second-order valence-electron chi connectivity index (χ2n) is 5.76. The first-order valence-corrected chi connectivity index (χ1v) is 7.80. The summed E-state index contributed by atoms with van der Waals surface area (Å²) in [4.78, 5) is 6.34. The maximum Gasteiger partial charge on any atom is 0.0989 e. The third kappa shape index (κ3) is 2.10. The lowest BCUT2D eigenvalue weighted by molar-refractivity contribution is 0.100. The van der Waals surface area contributed by atoms with Crippen LogP contribution in [0.5, 0.6) is 0 Å². The Morgan fingerprint density at radius 2 is 2.28 bits per heavy atom. The molecule has 1 aromatic rings. The van der Waals surface area contributed by atoms with Crippen LogP contribution in [0.3, 0.4) is 0 Å². The van der Waals surface area contributed by atoms with E-state index in [-0.39, 0.29) is 0 Å². The molecule has 4 heteroatoms. The van der Waals surface area contributed by atoms with Crippen molar-refractivity contribution in [3.05, 3.63) is 15.6 Å². The van der Waals surface area contributed by atoms with E-state index in [4.69, 9.17) is 9.72 Å². The highest BCUT2D eigenvalue weighted by atomic mass is 32.1. The van der Waals surface area contributed by atoms with E-state index in [0.29, 0.717) is 24.0 Å². The summed E-state index contributed by atoms with van der Waals surface area (Å²) in [5, 5.41) is 4.57. The van der Waals surface area contributed by atoms with Crippen molar-refractivity contribution < 1.29 is 4.74 Å². The average Bonchev–Trinajstić information content (AvgIpc) is 3.02. The number of aromatic nitrogens is 1. The number of thiazole rings is 1. The lowest BCUT2D eigenvalue weighted by Crippen LogP contribution is -2.14. The van der Waals surface area contributed by atoms with Crippen molar-refractivity contribution in [2.75, 3.05) is 7.05 Å². The fraction of sp³-hybridized carbons (Fsp3) is 0.786. The number of fused-ring (bicyclic) bond motifs is 2. The van der Waals surface area contributed by atoms with Crippen LogP contribution in [0, 0.1) is 0 Å². The predicted octanol–water partition coefficient (Wildman–Crippen LogP) is 3.02. The molecule has 3 nitrogen and oxygen atoms in total. The summed E-state index contributed by atoms with van der Waals surface area (Å²) in [6.07, 6.45) is 4.64. The van der Waals surface area contributed by atoms with Crippen molar-refractivity contribution in [2.45, 2.75) is 63.7 Å². The van der Waals surface area contributed by atoms with Gasteiger partial charge in [-0.1, -0.05) is 13.8 Å². The Balaban J connectivity index is 1.86. The smallest absolute Gasteiger partial charge is 0.0989 e.